The maximum atomic E-state index is 13.7. The van der Waals surface area contributed by atoms with Gasteiger partial charge in [-0.3, -0.25) is 9.69 Å². The molecule has 1 atom stereocenters. The van der Waals surface area contributed by atoms with Gasteiger partial charge in [-0.2, -0.15) is 0 Å². The van der Waals surface area contributed by atoms with Crippen LogP contribution in [0.3, 0.4) is 0 Å². The van der Waals surface area contributed by atoms with Crippen LogP contribution >= 0.6 is 11.6 Å². The third kappa shape index (κ3) is 3.73. The second kappa shape index (κ2) is 7.20. The summed E-state index contributed by atoms with van der Waals surface area (Å²) in [6.45, 7) is 4.58. The van der Waals surface area contributed by atoms with E-state index in [-0.39, 0.29) is 24.1 Å². The van der Waals surface area contributed by atoms with Gasteiger partial charge in [-0.15, -0.1) is 0 Å². The van der Waals surface area contributed by atoms with Crippen molar-refractivity contribution in [2.45, 2.75) is 19.4 Å². The summed E-state index contributed by atoms with van der Waals surface area (Å²) in [7, 11) is 0. The van der Waals surface area contributed by atoms with Crippen molar-refractivity contribution in [2.75, 3.05) is 32.8 Å². The van der Waals surface area contributed by atoms with Crippen LogP contribution in [0, 0.1) is 5.82 Å². The van der Waals surface area contributed by atoms with Gasteiger partial charge in [-0.25, -0.2) is 4.39 Å². The van der Waals surface area contributed by atoms with E-state index >= 15 is 0 Å². The summed E-state index contributed by atoms with van der Waals surface area (Å²) in [6.07, 6.45) is 0.868. The first-order chi connectivity index (χ1) is 10.1. The van der Waals surface area contributed by atoms with Gasteiger partial charge in [-0.05, 0) is 24.6 Å². The molecule has 1 aliphatic heterocycles. The number of carbonyl (C=O) groups excluding carboxylic acids is 1. The first-order valence-electron chi connectivity index (χ1n) is 7.16. The van der Waals surface area contributed by atoms with E-state index in [0.717, 1.165) is 6.42 Å². The zero-order chi connectivity index (χ0) is 15.4. The number of carbonyl (C=O) groups is 1. The van der Waals surface area contributed by atoms with E-state index < -0.39 is 5.82 Å². The van der Waals surface area contributed by atoms with E-state index in [1.165, 1.54) is 18.2 Å². The molecule has 1 aromatic carbocycles. The summed E-state index contributed by atoms with van der Waals surface area (Å²) in [5, 5.41) is 9.66. The molecule has 1 aromatic rings. The van der Waals surface area contributed by atoms with E-state index in [1.807, 2.05) is 6.92 Å². The quantitative estimate of drug-likeness (QED) is 0.924. The largest absolute Gasteiger partial charge is 0.395 e. The molecule has 0 radical (unpaired) electrons. The van der Waals surface area contributed by atoms with Gasteiger partial charge >= 0.3 is 0 Å². The average molecular weight is 315 g/mol. The van der Waals surface area contributed by atoms with Gasteiger partial charge in [-0.1, -0.05) is 18.5 Å². The lowest BCUT2D eigenvalue weighted by molar-refractivity contribution is 0.0469. The van der Waals surface area contributed by atoms with Crippen molar-refractivity contribution >= 4 is 17.5 Å². The number of hydrogen-bond donors (Lipinski definition) is 1. The van der Waals surface area contributed by atoms with E-state index in [1.54, 1.807) is 4.90 Å². The fourth-order valence-corrected chi connectivity index (χ4v) is 2.80. The Morgan fingerprint density at radius 2 is 2.05 bits per heavy atom. The molecule has 0 aromatic heterocycles. The van der Waals surface area contributed by atoms with E-state index in [2.05, 4.69) is 4.90 Å². The smallest absolute Gasteiger partial charge is 0.256 e. The monoisotopic (exact) mass is 314 g/mol. The predicted molar refractivity (Wildman–Crippen MR) is 80.1 cm³/mol. The van der Waals surface area contributed by atoms with Gasteiger partial charge in [0.05, 0.1) is 12.2 Å². The SMILES string of the molecule is CCC(CO)N1CCN(C(=O)c2cc(Cl)ccc2F)CC1. The molecule has 6 heteroatoms. The first kappa shape index (κ1) is 16.2. The van der Waals surface area contributed by atoms with Gasteiger partial charge in [0.1, 0.15) is 5.82 Å². The van der Waals surface area contributed by atoms with Gasteiger partial charge in [0.25, 0.3) is 5.91 Å². The van der Waals surface area contributed by atoms with Crippen molar-refractivity contribution in [2.24, 2.45) is 0 Å². The molecule has 0 saturated carbocycles. The van der Waals surface area contributed by atoms with E-state index in [4.69, 9.17) is 11.6 Å². The Hall–Kier alpha value is -1.17. The number of piperazine rings is 1. The number of aliphatic hydroxyl groups is 1. The Bertz CT molecular complexity index is 500. The molecule has 4 nitrogen and oxygen atoms in total. The molecule has 1 aliphatic rings. The Labute approximate surface area is 129 Å². The number of nitrogens with zero attached hydrogens (tertiary/aromatic N) is 2. The summed E-state index contributed by atoms with van der Waals surface area (Å²) in [6, 6.07) is 4.14. The number of benzene rings is 1. The highest BCUT2D eigenvalue weighted by atomic mass is 35.5. The molecule has 1 unspecified atom stereocenters. The van der Waals surface area contributed by atoms with Crippen LogP contribution in [0.1, 0.15) is 23.7 Å². The molecule has 1 saturated heterocycles. The van der Waals surface area contributed by atoms with Crippen LogP contribution in [0.5, 0.6) is 0 Å². The molecule has 0 spiro atoms. The van der Waals surface area contributed by atoms with Crippen LogP contribution in [-0.4, -0.2) is 59.6 Å². The van der Waals surface area contributed by atoms with Crippen molar-refractivity contribution in [3.8, 4) is 0 Å². The highest BCUT2D eigenvalue weighted by Gasteiger charge is 2.26. The Kier molecular flexibility index (Phi) is 5.56. The summed E-state index contributed by atoms with van der Waals surface area (Å²) < 4.78 is 13.7. The minimum atomic E-state index is -0.548. The molecule has 21 heavy (non-hydrogen) atoms. The highest BCUT2D eigenvalue weighted by molar-refractivity contribution is 6.31. The number of rotatable bonds is 4. The van der Waals surface area contributed by atoms with Crippen LogP contribution in [0.25, 0.3) is 0 Å². The highest BCUT2D eigenvalue weighted by Crippen LogP contribution is 2.18. The van der Waals surface area contributed by atoms with E-state index in [9.17, 15) is 14.3 Å². The Morgan fingerprint density at radius 1 is 1.38 bits per heavy atom. The minimum Gasteiger partial charge on any atom is -0.395 e. The lowest BCUT2D eigenvalue weighted by atomic mass is 10.1. The third-order valence-corrected chi connectivity index (χ3v) is 4.19. The number of amides is 1. The molecule has 2 rings (SSSR count). The summed E-state index contributed by atoms with van der Waals surface area (Å²) in [5.41, 5.74) is 0.0187. The molecule has 1 N–H and O–H groups in total. The lowest BCUT2D eigenvalue weighted by Gasteiger charge is -2.38. The van der Waals surface area contributed by atoms with Crippen LogP contribution in [0.2, 0.25) is 5.02 Å². The molecule has 0 aliphatic carbocycles. The number of hydrogen-bond acceptors (Lipinski definition) is 3. The maximum Gasteiger partial charge on any atom is 0.256 e. The zero-order valence-corrected chi connectivity index (χ0v) is 12.8. The van der Waals surface area contributed by atoms with Crippen LogP contribution in [0.15, 0.2) is 18.2 Å². The fourth-order valence-electron chi connectivity index (χ4n) is 2.62. The maximum absolute atomic E-state index is 13.7. The summed E-state index contributed by atoms with van der Waals surface area (Å²) in [5.74, 6) is -0.875. The van der Waals surface area contributed by atoms with Crippen LogP contribution in [-0.2, 0) is 0 Å². The number of aliphatic hydroxyl groups excluding tert-OH is 1. The molecule has 0 bridgehead atoms. The second-order valence-corrected chi connectivity index (χ2v) is 5.63. The molecular formula is C15H20ClFN2O2. The van der Waals surface area contributed by atoms with Crippen molar-refractivity contribution in [1.82, 2.24) is 9.80 Å². The molecule has 1 amide bonds. The van der Waals surface area contributed by atoms with Crippen molar-refractivity contribution < 1.29 is 14.3 Å². The Balaban J connectivity index is 2.02. The standard InChI is InChI=1S/C15H20ClFN2O2/c1-2-12(10-20)18-5-7-19(8-6-18)15(21)13-9-11(16)3-4-14(13)17/h3-4,9,12,20H,2,5-8,10H2,1H3. The molecule has 116 valence electrons. The Morgan fingerprint density at radius 3 is 2.62 bits per heavy atom. The topological polar surface area (TPSA) is 43.8 Å². The predicted octanol–water partition coefficient (Wildman–Crippen LogP) is 2.01. The molecular weight excluding hydrogens is 295 g/mol. The zero-order valence-electron chi connectivity index (χ0n) is 12.1. The summed E-state index contributed by atoms with van der Waals surface area (Å²) >= 11 is 5.83. The van der Waals surface area contributed by atoms with Crippen LogP contribution in [0.4, 0.5) is 4.39 Å². The normalized spacial score (nSPS) is 17.8. The first-order valence-corrected chi connectivity index (χ1v) is 7.53. The van der Waals surface area contributed by atoms with Gasteiger partial charge < -0.3 is 10.0 Å². The lowest BCUT2D eigenvalue weighted by Crippen LogP contribution is -2.52. The van der Waals surface area contributed by atoms with Crippen LogP contribution < -0.4 is 0 Å². The van der Waals surface area contributed by atoms with E-state index in [0.29, 0.717) is 31.2 Å². The van der Waals surface area contributed by atoms with Gasteiger partial charge in [0.15, 0.2) is 0 Å². The fraction of sp³-hybridized carbons (Fsp3) is 0.533. The summed E-state index contributed by atoms with van der Waals surface area (Å²) in [4.78, 5) is 16.1. The van der Waals surface area contributed by atoms with Gasteiger partial charge in [0, 0.05) is 37.2 Å². The minimum absolute atomic E-state index is 0.0187. The van der Waals surface area contributed by atoms with Gasteiger partial charge in [0.2, 0.25) is 0 Å². The average Bonchev–Trinajstić information content (AvgIpc) is 2.51. The third-order valence-electron chi connectivity index (χ3n) is 3.96. The molecule has 1 fully saturated rings. The molecule has 1 heterocycles. The van der Waals surface area contributed by atoms with Crippen molar-refractivity contribution in [3.63, 3.8) is 0 Å². The number of halogens is 2. The van der Waals surface area contributed by atoms with Crippen molar-refractivity contribution in [3.05, 3.63) is 34.6 Å². The van der Waals surface area contributed by atoms with Crippen molar-refractivity contribution in [1.29, 1.82) is 0 Å². The second-order valence-electron chi connectivity index (χ2n) is 5.20.